The average Bonchev–Trinajstić information content (AvgIpc) is 2.49. The first kappa shape index (κ1) is 19.3. The number of carbonyl (C=O) groups is 1. The molecular weight excluding hydrogens is 278 g/mol. The van der Waals surface area contributed by atoms with E-state index >= 15 is 0 Å². The van der Waals surface area contributed by atoms with E-state index in [0.29, 0.717) is 26.4 Å². The first-order valence-electron chi connectivity index (χ1n) is 6.54. The highest BCUT2D eigenvalue weighted by atomic mass is 16.7. The smallest absolute Gasteiger partial charge is 0.330 e. The van der Waals surface area contributed by atoms with E-state index in [0.717, 1.165) is 6.08 Å². The first-order valence-corrected chi connectivity index (χ1v) is 6.54. The molecule has 1 atom stereocenters. The zero-order chi connectivity index (χ0) is 15.9. The second kappa shape index (κ2) is 13.3. The molecule has 1 N–H and O–H groups in total. The second-order valence-electron chi connectivity index (χ2n) is 3.71. The van der Waals surface area contributed by atoms with E-state index in [-0.39, 0.29) is 19.1 Å². The normalized spacial score (nSPS) is 11.5. The van der Waals surface area contributed by atoms with Crippen LogP contribution in [0.25, 0.3) is 0 Å². The molecule has 0 aromatic carbocycles. The van der Waals surface area contributed by atoms with Gasteiger partial charge >= 0.3 is 5.97 Å². The summed E-state index contributed by atoms with van der Waals surface area (Å²) < 4.78 is 25.5. The van der Waals surface area contributed by atoms with Crippen molar-refractivity contribution in [1.82, 2.24) is 0 Å². The summed E-state index contributed by atoms with van der Waals surface area (Å²) in [7, 11) is 0. The predicted molar refractivity (Wildman–Crippen MR) is 77.2 cm³/mol. The Hall–Kier alpha value is -1.70. The molecule has 7 nitrogen and oxygen atoms in total. The van der Waals surface area contributed by atoms with Crippen molar-refractivity contribution in [2.24, 2.45) is 0 Å². The van der Waals surface area contributed by atoms with Crippen LogP contribution in [0.5, 0.6) is 0 Å². The third-order valence-electron chi connectivity index (χ3n) is 2.10. The van der Waals surface area contributed by atoms with Gasteiger partial charge in [-0.2, -0.15) is 0 Å². The summed E-state index contributed by atoms with van der Waals surface area (Å²) in [5, 5.41) is 7.17. The van der Waals surface area contributed by atoms with Crippen LogP contribution in [0.15, 0.2) is 25.3 Å². The molecule has 0 heterocycles. The SMILES string of the molecule is C=CC(=N)OCCOC(C)OCCOCCOC(=O)C=C. The predicted octanol–water partition coefficient (Wildman–Crippen LogP) is 1.29. The second-order valence-corrected chi connectivity index (χ2v) is 3.71. The summed E-state index contributed by atoms with van der Waals surface area (Å²) in [6, 6.07) is 0. The molecule has 0 aromatic rings. The zero-order valence-corrected chi connectivity index (χ0v) is 12.3. The van der Waals surface area contributed by atoms with Crippen molar-refractivity contribution in [1.29, 1.82) is 5.41 Å². The van der Waals surface area contributed by atoms with E-state index in [1.54, 1.807) is 6.92 Å². The van der Waals surface area contributed by atoms with Crippen molar-refractivity contribution in [2.45, 2.75) is 13.2 Å². The van der Waals surface area contributed by atoms with E-state index in [4.69, 9.17) is 29.1 Å². The van der Waals surface area contributed by atoms with Crippen LogP contribution in [0.3, 0.4) is 0 Å². The lowest BCUT2D eigenvalue weighted by Gasteiger charge is -2.14. The Bertz CT molecular complexity index is 331. The first-order chi connectivity index (χ1) is 10.1. The number of esters is 1. The Morgan fingerprint density at radius 3 is 2.19 bits per heavy atom. The zero-order valence-electron chi connectivity index (χ0n) is 12.3. The van der Waals surface area contributed by atoms with Gasteiger partial charge in [-0.3, -0.25) is 5.41 Å². The average molecular weight is 301 g/mol. The third-order valence-corrected chi connectivity index (χ3v) is 2.10. The molecule has 0 spiro atoms. The monoisotopic (exact) mass is 301 g/mol. The van der Waals surface area contributed by atoms with E-state index in [1.807, 2.05) is 0 Å². The standard InChI is InChI=1S/C14H23NO6/c1-4-13(15)20-11-10-19-12(3)18-8-6-17-7-9-21-14(16)5-2/h4-5,12,15H,1-2,6-11H2,3H3. The van der Waals surface area contributed by atoms with Gasteiger partial charge in [0.15, 0.2) is 6.29 Å². The molecular formula is C14H23NO6. The van der Waals surface area contributed by atoms with Gasteiger partial charge in [0.1, 0.15) is 13.2 Å². The maximum atomic E-state index is 10.7. The molecule has 0 bridgehead atoms. The molecule has 0 saturated heterocycles. The number of hydrogen-bond acceptors (Lipinski definition) is 7. The van der Waals surface area contributed by atoms with Crippen molar-refractivity contribution in [3.63, 3.8) is 0 Å². The molecule has 0 aliphatic rings. The fourth-order valence-corrected chi connectivity index (χ4v) is 1.11. The number of nitrogens with one attached hydrogen (secondary N) is 1. The summed E-state index contributed by atoms with van der Waals surface area (Å²) in [5.41, 5.74) is 0. The van der Waals surface area contributed by atoms with Gasteiger partial charge in [-0.25, -0.2) is 4.79 Å². The molecule has 0 aliphatic carbocycles. The summed E-state index contributed by atoms with van der Waals surface area (Å²) in [4.78, 5) is 10.7. The summed E-state index contributed by atoms with van der Waals surface area (Å²) in [5.74, 6) is -0.457. The van der Waals surface area contributed by atoms with Gasteiger partial charge in [-0.05, 0) is 13.0 Å². The largest absolute Gasteiger partial charge is 0.476 e. The highest BCUT2D eigenvalue weighted by Gasteiger charge is 2.02. The van der Waals surface area contributed by atoms with Crippen molar-refractivity contribution in [3.8, 4) is 0 Å². The molecule has 21 heavy (non-hydrogen) atoms. The van der Waals surface area contributed by atoms with Crippen LogP contribution in [-0.4, -0.2) is 57.8 Å². The maximum absolute atomic E-state index is 10.7. The molecule has 0 aromatic heterocycles. The summed E-state index contributed by atoms with van der Waals surface area (Å²) >= 11 is 0. The lowest BCUT2D eigenvalue weighted by molar-refractivity contribution is -0.146. The summed E-state index contributed by atoms with van der Waals surface area (Å²) in [6.07, 6.45) is 2.01. The minimum absolute atomic E-state index is 0.0118. The molecule has 0 rings (SSSR count). The lowest BCUT2D eigenvalue weighted by atomic mass is 10.6. The van der Waals surface area contributed by atoms with E-state index in [2.05, 4.69) is 13.2 Å². The molecule has 0 saturated carbocycles. The highest BCUT2D eigenvalue weighted by molar-refractivity contribution is 5.83. The number of hydrogen-bond donors (Lipinski definition) is 1. The molecule has 0 radical (unpaired) electrons. The van der Waals surface area contributed by atoms with E-state index in [1.165, 1.54) is 6.08 Å². The minimum atomic E-state index is -0.469. The van der Waals surface area contributed by atoms with Crippen molar-refractivity contribution in [2.75, 3.05) is 39.6 Å². The van der Waals surface area contributed by atoms with Crippen LogP contribution in [0, 0.1) is 5.41 Å². The quantitative estimate of drug-likeness (QED) is 0.138. The van der Waals surface area contributed by atoms with Crippen molar-refractivity contribution < 1.29 is 28.5 Å². The van der Waals surface area contributed by atoms with Crippen LogP contribution >= 0.6 is 0 Å². The Labute approximate surface area is 125 Å². The Morgan fingerprint density at radius 1 is 1.00 bits per heavy atom. The van der Waals surface area contributed by atoms with Crippen LogP contribution in [0.2, 0.25) is 0 Å². The van der Waals surface area contributed by atoms with E-state index in [9.17, 15) is 4.79 Å². The van der Waals surface area contributed by atoms with Gasteiger partial charge in [0.2, 0.25) is 5.90 Å². The highest BCUT2D eigenvalue weighted by Crippen LogP contribution is 1.94. The Kier molecular flexibility index (Phi) is 12.2. The molecule has 120 valence electrons. The third kappa shape index (κ3) is 13.1. The Balaban J connectivity index is 3.31. The molecule has 0 aliphatic heterocycles. The van der Waals surface area contributed by atoms with Gasteiger partial charge < -0.3 is 23.7 Å². The van der Waals surface area contributed by atoms with Gasteiger partial charge in [0.05, 0.1) is 26.4 Å². The number of carbonyl (C=O) groups excluding carboxylic acids is 1. The Morgan fingerprint density at radius 2 is 1.57 bits per heavy atom. The fraction of sp³-hybridized carbons (Fsp3) is 0.571. The molecule has 0 amide bonds. The summed E-state index contributed by atoms with van der Waals surface area (Å²) in [6.45, 7) is 10.2. The van der Waals surface area contributed by atoms with Crippen LogP contribution in [0.1, 0.15) is 6.92 Å². The molecule has 1 unspecified atom stereocenters. The number of ether oxygens (including phenoxy) is 5. The fourth-order valence-electron chi connectivity index (χ4n) is 1.11. The van der Waals surface area contributed by atoms with Gasteiger partial charge in [0.25, 0.3) is 0 Å². The lowest BCUT2D eigenvalue weighted by Crippen LogP contribution is -2.20. The van der Waals surface area contributed by atoms with E-state index < -0.39 is 12.3 Å². The molecule has 0 fully saturated rings. The van der Waals surface area contributed by atoms with Crippen molar-refractivity contribution >= 4 is 11.9 Å². The minimum Gasteiger partial charge on any atom is -0.476 e. The van der Waals surface area contributed by atoms with Gasteiger partial charge in [-0.1, -0.05) is 13.2 Å². The van der Waals surface area contributed by atoms with Gasteiger partial charge in [0, 0.05) is 6.08 Å². The number of rotatable bonds is 13. The van der Waals surface area contributed by atoms with Gasteiger partial charge in [-0.15, -0.1) is 0 Å². The van der Waals surface area contributed by atoms with Crippen molar-refractivity contribution in [3.05, 3.63) is 25.3 Å². The molecule has 7 heteroatoms. The van der Waals surface area contributed by atoms with Crippen LogP contribution in [0.4, 0.5) is 0 Å². The maximum Gasteiger partial charge on any atom is 0.330 e. The topological polar surface area (TPSA) is 87.1 Å². The van der Waals surface area contributed by atoms with Crippen LogP contribution < -0.4 is 0 Å². The van der Waals surface area contributed by atoms with Crippen LogP contribution in [-0.2, 0) is 28.5 Å².